The van der Waals surface area contributed by atoms with E-state index in [1.807, 2.05) is 6.07 Å². The van der Waals surface area contributed by atoms with E-state index >= 15 is 0 Å². The maximum Gasteiger partial charge on any atom is 0.123 e. The number of benzene rings is 1. The van der Waals surface area contributed by atoms with Crippen molar-refractivity contribution in [3.8, 4) is 5.69 Å². The Hall–Kier alpha value is -1.97. The Balaban J connectivity index is 2.35. The number of rotatable bonds is 6. The Labute approximate surface area is 112 Å². The summed E-state index contributed by atoms with van der Waals surface area (Å²) in [6, 6.07) is 8.25. The molecular weight excluding hydrogens is 243 g/mol. The zero-order valence-electron chi connectivity index (χ0n) is 11.0. The van der Waals surface area contributed by atoms with Gasteiger partial charge in [-0.15, -0.1) is 0 Å². The maximum absolute atomic E-state index is 13.0. The van der Waals surface area contributed by atoms with Gasteiger partial charge in [-0.25, -0.2) is 9.07 Å². The Morgan fingerprint density at radius 2 is 2.00 bits per heavy atom. The van der Waals surface area contributed by atoms with Crippen molar-refractivity contribution in [3.63, 3.8) is 0 Å². The van der Waals surface area contributed by atoms with Crippen LogP contribution in [-0.4, -0.2) is 16.1 Å². The monoisotopic (exact) mass is 260 g/mol. The molecule has 4 heteroatoms. The summed E-state index contributed by atoms with van der Waals surface area (Å²) in [5.74, 6) is -0.265. The van der Waals surface area contributed by atoms with Gasteiger partial charge >= 0.3 is 0 Å². The summed E-state index contributed by atoms with van der Waals surface area (Å²) < 4.78 is 14.8. The molecule has 0 spiro atoms. The lowest BCUT2D eigenvalue weighted by molar-refractivity contribution is -0.107. The SMILES string of the molecule is CCCc1cc(CCC=O)n(-c2ccc(F)cc2)n1. The van der Waals surface area contributed by atoms with Gasteiger partial charge in [-0.3, -0.25) is 0 Å². The summed E-state index contributed by atoms with van der Waals surface area (Å²) in [4.78, 5) is 10.5. The lowest BCUT2D eigenvalue weighted by atomic mass is 10.2. The standard InChI is InChI=1S/C15H17FN2O/c1-2-4-13-11-15(5-3-10-19)18(17-13)14-8-6-12(16)7-9-14/h6-11H,2-5H2,1H3. The highest BCUT2D eigenvalue weighted by atomic mass is 19.1. The highest BCUT2D eigenvalue weighted by Crippen LogP contribution is 2.15. The number of aromatic nitrogens is 2. The van der Waals surface area contributed by atoms with Crippen LogP contribution in [0.1, 0.15) is 31.2 Å². The zero-order valence-corrected chi connectivity index (χ0v) is 11.0. The minimum atomic E-state index is -0.265. The van der Waals surface area contributed by atoms with Gasteiger partial charge in [0.05, 0.1) is 11.4 Å². The van der Waals surface area contributed by atoms with E-state index in [9.17, 15) is 9.18 Å². The van der Waals surface area contributed by atoms with Gasteiger partial charge in [-0.05, 0) is 43.2 Å². The second kappa shape index (κ2) is 6.27. The van der Waals surface area contributed by atoms with E-state index in [0.717, 1.165) is 36.2 Å². The molecule has 0 amide bonds. The molecule has 0 radical (unpaired) electrons. The predicted molar refractivity (Wildman–Crippen MR) is 71.9 cm³/mol. The normalized spacial score (nSPS) is 10.6. The average molecular weight is 260 g/mol. The predicted octanol–water partition coefficient (Wildman–Crippen LogP) is 3.10. The molecule has 1 aromatic heterocycles. The molecule has 0 unspecified atom stereocenters. The number of carbonyl (C=O) groups excluding carboxylic acids is 1. The van der Waals surface area contributed by atoms with Crippen molar-refractivity contribution in [2.75, 3.05) is 0 Å². The van der Waals surface area contributed by atoms with E-state index in [1.54, 1.807) is 16.8 Å². The third-order valence-corrected chi connectivity index (χ3v) is 2.93. The molecule has 0 aliphatic carbocycles. The summed E-state index contributed by atoms with van der Waals surface area (Å²) in [5.41, 5.74) is 2.82. The van der Waals surface area contributed by atoms with Crippen LogP contribution in [0.4, 0.5) is 4.39 Å². The first-order chi connectivity index (χ1) is 9.24. The molecule has 0 bridgehead atoms. The fraction of sp³-hybridized carbons (Fsp3) is 0.333. The van der Waals surface area contributed by atoms with Crippen LogP contribution < -0.4 is 0 Å². The number of nitrogens with zero attached hydrogens (tertiary/aromatic N) is 2. The van der Waals surface area contributed by atoms with Gasteiger partial charge in [0.25, 0.3) is 0 Å². The van der Waals surface area contributed by atoms with Crippen LogP contribution in [-0.2, 0) is 17.6 Å². The van der Waals surface area contributed by atoms with Crippen LogP contribution in [0, 0.1) is 5.82 Å². The largest absolute Gasteiger partial charge is 0.303 e. The number of hydrogen-bond acceptors (Lipinski definition) is 2. The molecule has 0 atom stereocenters. The van der Waals surface area contributed by atoms with E-state index in [1.165, 1.54) is 12.1 Å². The Morgan fingerprint density at radius 3 is 2.63 bits per heavy atom. The van der Waals surface area contributed by atoms with Crippen molar-refractivity contribution < 1.29 is 9.18 Å². The van der Waals surface area contributed by atoms with Gasteiger partial charge in [0, 0.05) is 12.1 Å². The molecule has 0 aliphatic heterocycles. The molecule has 0 saturated heterocycles. The molecule has 1 aromatic carbocycles. The molecule has 19 heavy (non-hydrogen) atoms. The minimum Gasteiger partial charge on any atom is -0.303 e. The van der Waals surface area contributed by atoms with Crippen LogP contribution in [0.5, 0.6) is 0 Å². The van der Waals surface area contributed by atoms with Crippen molar-refractivity contribution in [2.24, 2.45) is 0 Å². The van der Waals surface area contributed by atoms with Crippen molar-refractivity contribution >= 4 is 6.29 Å². The molecule has 0 aliphatic rings. The highest BCUT2D eigenvalue weighted by Gasteiger charge is 2.09. The summed E-state index contributed by atoms with van der Waals surface area (Å²) in [5, 5.41) is 4.53. The number of carbonyl (C=O) groups is 1. The summed E-state index contributed by atoms with van der Waals surface area (Å²) in [7, 11) is 0. The number of aryl methyl sites for hydroxylation is 2. The maximum atomic E-state index is 13.0. The van der Waals surface area contributed by atoms with Gasteiger partial charge in [-0.2, -0.15) is 5.10 Å². The van der Waals surface area contributed by atoms with Crippen molar-refractivity contribution in [1.29, 1.82) is 0 Å². The molecule has 2 rings (SSSR count). The molecule has 1 heterocycles. The molecule has 0 fully saturated rings. The third kappa shape index (κ3) is 3.28. The topological polar surface area (TPSA) is 34.9 Å². The molecule has 100 valence electrons. The van der Waals surface area contributed by atoms with Crippen molar-refractivity contribution in [3.05, 3.63) is 47.5 Å². The summed E-state index contributed by atoms with van der Waals surface area (Å²) >= 11 is 0. The van der Waals surface area contributed by atoms with E-state index in [-0.39, 0.29) is 5.82 Å². The second-order valence-electron chi connectivity index (χ2n) is 4.47. The Kier molecular flexibility index (Phi) is 4.44. The molecular formula is C15H17FN2O. The van der Waals surface area contributed by atoms with Gasteiger partial charge < -0.3 is 4.79 Å². The zero-order chi connectivity index (χ0) is 13.7. The first-order valence-corrected chi connectivity index (χ1v) is 6.52. The van der Waals surface area contributed by atoms with Crippen molar-refractivity contribution in [1.82, 2.24) is 9.78 Å². The van der Waals surface area contributed by atoms with Crippen LogP contribution in [0.15, 0.2) is 30.3 Å². The summed E-state index contributed by atoms with van der Waals surface area (Å²) in [6.07, 6.45) is 3.95. The van der Waals surface area contributed by atoms with E-state index < -0.39 is 0 Å². The first kappa shape index (κ1) is 13.5. The first-order valence-electron chi connectivity index (χ1n) is 6.52. The van der Waals surface area contributed by atoms with Crippen molar-refractivity contribution in [2.45, 2.75) is 32.6 Å². The third-order valence-electron chi connectivity index (χ3n) is 2.93. The Morgan fingerprint density at radius 1 is 1.26 bits per heavy atom. The van der Waals surface area contributed by atoms with E-state index in [2.05, 4.69) is 12.0 Å². The smallest absolute Gasteiger partial charge is 0.123 e. The van der Waals surface area contributed by atoms with Gasteiger partial charge in [-0.1, -0.05) is 13.3 Å². The highest BCUT2D eigenvalue weighted by molar-refractivity contribution is 5.50. The lowest BCUT2D eigenvalue weighted by Gasteiger charge is -2.06. The van der Waals surface area contributed by atoms with E-state index in [4.69, 9.17) is 0 Å². The second-order valence-corrected chi connectivity index (χ2v) is 4.47. The molecule has 3 nitrogen and oxygen atoms in total. The van der Waals surface area contributed by atoms with Crippen LogP contribution in [0.2, 0.25) is 0 Å². The molecule has 2 aromatic rings. The van der Waals surface area contributed by atoms with E-state index in [0.29, 0.717) is 12.8 Å². The fourth-order valence-corrected chi connectivity index (χ4v) is 2.04. The minimum absolute atomic E-state index is 0.265. The molecule has 0 N–H and O–H groups in total. The van der Waals surface area contributed by atoms with Gasteiger partial charge in [0.1, 0.15) is 12.1 Å². The lowest BCUT2D eigenvalue weighted by Crippen LogP contribution is -2.03. The average Bonchev–Trinajstić information content (AvgIpc) is 2.81. The van der Waals surface area contributed by atoms with Crippen LogP contribution in [0.25, 0.3) is 5.69 Å². The van der Waals surface area contributed by atoms with Gasteiger partial charge in [0.15, 0.2) is 0 Å². The fourth-order valence-electron chi connectivity index (χ4n) is 2.04. The molecule has 0 saturated carbocycles. The summed E-state index contributed by atoms with van der Waals surface area (Å²) in [6.45, 7) is 2.10. The van der Waals surface area contributed by atoms with Gasteiger partial charge in [0.2, 0.25) is 0 Å². The number of aldehydes is 1. The van der Waals surface area contributed by atoms with Crippen LogP contribution >= 0.6 is 0 Å². The number of halogens is 1. The van der Waals surface area contributed by atoms with Crippen LogP contribution in [0.3, 0.4) is 0 Å². The Bertz CT molecular complexity index is 546. The number of hydrogen-bond donors (Lipinski definition) is 0. The quantitative estimate of drug-likeness (QED) is 0.748.